The van der Waals surface area contributed by atoms with Crippen LogP contribution in [0.1, 0.15) is 16.1 Å². The molecule has 0 aliphatic carbocycles. The van der Waals surface area contributed by atoms with Crippen LogP contribution in [-0.2, 0) is 6.54 Å². The zero-order valence-corrected chi connectivity index (χ0v) is 9.66. The van der Waals surface area contributed by atoms with Crippen LogP contribution >= 0.6 is 11.6 Å². The molecular weight excluding hydrogens is 240 g/mol. The minimum Gasteiger partial charge on any atom is -0.398 e. The van der Waals surface area contributed by atoms with Gasteiger partial charge in [0.1, 0.15) is 0 Å². The summed E-state index contributed by atoms with van der Waals surface area (Å²) in [5.41, 5.74) is 7.32. The first-order chi connectivity index (χ1) is 8.16. The first-order valence-corrected chi connectivity index (χ1v) is 5.35. The molecule has 1 aromatic heterocycles. The summed E-state index contributed by atoms with van der Waals surface area (Å²) < 4.78 is 0. The Morgan fingerprint density at radius 3 is 3.00 bits per heavy atom. The van der Waals surface area contributed by atoms with Crippen LogP contribution in [0.15, 0.2) is 30.7 Å². The van der Waals surface area contributed by atoms with Crippen molar-refractivity contribution in [1.82, 2.24) is 15.3 Å². The lowest BCUT2D eigenvalue weighted by Crippen LogP contribution is -2.23. The molecule has 0 fully saturated rings. The summed E-state index contributed by atoms with van der Waals surface area (Å²) in [6.45, 7) is 0.390. The minimum atomic E-state index is -0.206. The first-order valence-electron chi connectivity index (χ1n) is 4.97. The van der Waals surface area contributed by atoms with Crippen molar-refractivity contribution in [2.75, 3.05) is 5.73 Å². The third-order valence-electron chi connectivity index (χ3n) is 2.25. The second-order valence-corrected chi connectivity index (χ2v) is 3.90. The molecule has 4 N–H and O–H groups in total. The van der Waals surface area contributed by atoms with Crippen LogP contribution in [0.5, 0.6) is 0 Å². The summed E-state index contributed by atoms with van der Waals surface area (Å²) in [4.78, 5) is 18.5. The first kappa shape index (κ1) is 11.5. The molecule has 0 atom stereocenters. The van der Waals surface area contributed by atoms with Gasteiger partial charge in [0.2, 0.25) is 0 Å². The lowest BCUT2D eigenvalue weighted by molar-refractivity contribution is 0.0950. The Morgan fingerprint density at radius 1 is 1.53 bits per heavy atom. The number of hydrogen-bond acceptors (Lipinski definition) is 3. The van der Waals surface area contributed by atoms with E-state index in [0.717, 1.165) is 5.69 Å². The van der Waals surface area contributed by atoms with Gasteiger partial charge in [-0.2, -0.15) is 0 Å². The van der Waals surface area contributed by atoms with Crippen molar-refractivity contribution in [3.05, 3.63) is 47.0 Å². The van der Waals surface area contributed by atoms with E-state index in [1.807, 2.05) is 0 Å². The number of carbonyl (C=O) groups is 1. The second kappa shape index (κ2) is 4.88. The number of halogens is 1. The highest BCUT2D eigenvalue weighted by atomic mass is 35.5. The van der Waals surface area contributed by atoms with Crippen LogP contribution in [0.3, 0.4) is 0 Å². The maximum absolute atomic E-state index is 11.8. The Bertz CT molecular complexity index is 524. The van der Waals surface area contributed by atoms with Gasteiger partial charge in [-0.05, 0) is 18.2 Å². The van der Waals surface area contributed by atoms with Gasteiger partial charge < -0.3 is 16.0 Å². The topological polar surface area (TPSA) is 83.8 Å². The van der Waals surface area contributed by atoms with Crippen molar-refractivity contribution in [1.29, 1.82) is 0 Å². The fourth-order valence-corrected chi connectivity index (χ4v) is 1.46. The third kappa shape index (κ3) is 2.76. The van der Waals surface area contributed by atoms with E-state index >= 15 is 0 Å². The molecule has 17 heavy (non-hydrogen) atoms. The number of imidazole rings is 1. The number of nitrogen functional groups attached to an aromatic ring is 1. The number of rotatable bonds is 3. The summed E-state index contributed by atoms with van der Waals surface area (Å²) in [6.07, 6.45) is 3.21. The summed E-state index contributed by atoms with van der Waals surface area (Å²) in [5, 5.41) is 3.18. The van der Waals surface area contributed by atoms with Crippen LogP contribution in [0.25, 0.3) is 0 Å². The van der Waals surface area contributed by atoms with Gasteiger partial charge in [0.05, 0.1) is 29.3 Å². The van der Waals surface area contributed by atoms with E-state index in [-0.39, 0.29) is 5.91 Å². The molecule has 1 heterocycles. The number of nitrogens with one attached hydrogen (secondary N) is 2. The molecule has 0 spiro atoms. The number of anilines is 1. The van der Waals surface area contributed by atoms with E-state index in [1.54, 1.807) is 30.7 Å². The van der Waals surface area contributed by atoms with Gasteiger partial charge in [-0.15, -0.1) is 0 Å². The maximum Gasteiger partial charge on any atom is 0.251 e. The predicted molar refractivity (Wildman–Crippen MR) is 65.6 cm³/mol. The van der Waals surface area contributed by atoms with Gasteiger partial charge in [-0.3, -0.25) is 4.79 Å². The van der Waals surface area contributed by atoms with Crippen molar-refractivity contribution < 1.29 is 4.79 Å². The highest BCUT2D eigenvalue weighted by molar-refractivity contribution is 6.33. The van der Waals surface area contributed by atoms with Crippen LogP contribution in [0.2, 0.25) is 5.02 Å². The Kier molecular flexibility index (Phi) is 3.30. The van der Waals surface area contributed by atoms with Gasteiger partial charge in [-0.1, -0.05) is 11.6 Å². The van der Waals surface area contributed by atoms with Gasteiger partial charge >= 0.3 is 0 Å². The number of carbonyl (C=O) groups excluding carboxylic acids is 1. The molecule has 0 aliphatic rings. The fourth-order valence-electron chi connectivity index (χ4n) is 1.34. The maximum atomic E-state index is 11.8. The number of aromatic amines is 1. The Hall–Kier alpha value is -2.01. The van der Waals surface area contributed by atoms with Crippen LogP contribution in [-0.4, -0.2) is 15.9 Å². The van der Waals surface area contributed by atoms with Gasteiger partial charge in [0.15, 0.2) is 0 Å². The summed E-state index contributed by atoms with van der Waals surface area (Å²) >= 11 is 5.77. The minimum absolute atomic E-state index is 0.206. The van der Waals surface area contributed by atoms with E-state index in [1.165, 1.54) is 0 Å². The van der Waals surface area contributed by atoms with Crippen molar-refractivity contribution >= 4 is 23.2 Å². The number of nitrogens with two attached hydrogens (primary N) is 1. The molecule has 2 rings (SSSR count). The Labute approximate surface area is 103 Å². The van der Waals surface area contributed by atoms with Crippen LogP contribution in [0, 0.1) is 0 Å². The number of aromatic nitrogens is 2. The number of hydrogen-bond donors (Lipinski definition) is 3. The molecule has 0 unspecified atom stereocenters. The number of nitrogens with zero attached hydrogens (tertiary/aromatic N) is 1. The average Bonchev–Trinajstić information content (AvgIpc) is 2.82. The van der Waals surface area contributed by atoms with E-state index < -0.39 is 0 Å². The van der Waals surface area contributed by atoms with Crippen molar-refractivity contribution in [3.8, 4) is 0 Å². The third-order valence-corrected chi connectivity index (χ3v) is 2.60. The van der Waals surface area contributed by atoms with Crippen molar-refractivity contribution in [2.45, 2.75) is 6.54 Å². The zero-order valence-electron chi connectivity index (χ0n) is 8.90. The summed E-state index contributed by atoms with van der Waals surface area (Å²) in [6, 6.07) is 4.77. The fraction of sp³-hybridized carbons (Fsp3) is 0.0909. The number of H-pyrrole nitrogens is 1. The molecule has 1 aromatic carbocycles. The van der Waals surface area contributed by atoms with Crippen LogP contribution < -0.4 is 11.1 Å². The highest BCUT2D eigenvalue weighted by Crippen LogP contribution is 2.19. The van der Waals surface area contributed by atoms with Gasteiger partial charge in [0, 0.05) is 11.8 Å². The summed E-state index contributed by atoms with van der Waals surface area (Å²) in [5.74, 6) is -0.206. The van der Waals surface area contributed by atoms with E-state index in [0.29, 0.717) is 22.8 Å². The molecule has 6 heteroatoms. The molecule has 0 saturated carbocycles. The van der Waals surface area contributed by atoms with Crippen molar-refractivity contribution in [3.63, 3.8) is 0 Å². The molecule has 1 amide bonds. The molecule has 0 saturated heterocycles. The second-order valence-electron chi connectivity index (χ2n) is 3.50. The molecule has 88 valence electrons. The Morgan fingerprint density at radius 2 is 2.35 bits per heavy atom. The lowest BCUT2D eigenvalue weighted by atomic mass is 10.2. The van der Waals surface area contributed by atoms with E-state index in [4.69, 9.17) is 17.3 Å². The molecule has 0 aliphatic heterocycles. The molecule has 5 nitrogen and oxygen atoms in total. The van der Waals surface area contributed by atoms with Crippen molar-refractivity contribution in [2.24, 2.45) is 0 Å². The Balaban J connectivity index is 2.02. The monoisotopic (exact) mass is 250 g/mol. The van der Waals surface area contributed by atoms with Gasteiger partial charge in [0.25, 0.3) is 5.91 Å². The van der Waals surface area contributed by atoms with E-state index in [9.17, 15) is 4.79 Å². The predicted octanol–water partition coefficient (Wildman–Crippen LogP) is 1.58. The smallest absolute Gasteiger partial charge is 0.251 e. The van der Waals surface area contributed by atoms with Gasteiger partial charge in [-0.25, -0.2) is 4.98 Å². The highest BCUT2D eigenvalue weighted by Gasteiger charge is 2.07. The zero-order chi connectivity index (χ0) is 12.3. The largest absolute Gasteiger partial charge is 0.398 e. The summed E-state index contributed by atoms with van der Waals surface area (Å²) in [7, 11) is 0. The number of amides is 1. The van der Waals surface area contributed by atoms with Crippen LogP contribution in [0.4, 0.5) is 5.69 Å². The van der Waals surface area contributed by atoms with E-state index in [2.05, 4.69) is 15.3 Å². The standard InChI is InChI=1S/C11H11ClN4O/c12-9-2-1-7(3-10(9)13)11(17)15-5-8-4-14-6-16-8/h1-4,6H,5,13H2,(H,14,16)(H,15,17). The SMILES string of the molecule is Nc1cc(C(=O)NCc2cnc[nH]2)ccc1Cl. The number of benzene rings is 1. The molecular formula is C11H11ClN4O. The molecule has 0 radical (unpaired) electrons. The lowest BCUT2D eigenvalue weighted by Gasteiger charge is -2.05. The quantitative estimate of drug-likeness (QED) is 0.723. The average molecular weight is 251 g/mol. The molecule has 0 bridgehead atoms. The normalized spacial score (nSPS) is 10.2. The molecule has 2 aromatic rings.